The fraction of sp³-hybridized carbons (Fsp3) is 0.286. The highest BCUT2D eigenvalue weighted by molar-refractivity contribution is 9.10. The molecule has 0 spiro atoms. The summed E-state index contributed by atoms with van der Waals surface area (Å²) in [5.41, 5.74) is 0.0524. The Hall–Kier alpha value is -2.89. The molecule has 0 bridgehead atoms. The van der Waals surface area contributed by atoms with Crippen LogP contribution in [0.2, 0.25) is 0 Å². The van der Waals surface area contributed by atoms with Crippen LogP contribution in [0.15, 0.2) is 86.7 Å². The van der Waals surface area contributed by atoms with E-state index >= 15 is 0 Å². The lowest BCUT2D eigenvalue weighted by Gasteiger charge is -2.31. The van der Waals surface area contributed by atoms with E-state index in [-0.39, 0.29) is 18.9 Å². The van der Waals surface area contributed by atoms with Crippen LogP contribution < -0.4 is 10.1 Å². The number of rotatable bonds is 10. The summed E-state index contributed by atoms with van der Waals surface area (Å²) < 4.78 is 52.8. The van der Waals surface area contributed by atoms with Crippen molar-refractivity contribution < 1.29 is 32.5 Å². The minimum absolute atomic E-state index is 0.0101. The van der Waals surface area contributed by atoms with E-state index in [0.29, 0.717) is 39.9 Å². The monoisotopic (exact) mass is 668 g/mol. The van der Waals surface area contributed by atoms with Crippen LogP contribution in [0.3, 0.4) is 0 Å². The van der Waals surface area contributed by atoms with E-state index in [2.05, 4.69) is 37.2 Å². The molecule has 1 amide bonds. The molecule has 2 atom stereocenters. The molecule has 0 radical (unpaired) electrons. The summed E-state index contributed by atoms with van der Waals surface area (Å²) in [5, 5.41) is 11.0. The van der Waals surface area contributed by atoms with Crippen molar-refractivity contribution in [3.05, 3.63) is 98.4 Å². The molecule has 4 rings (SSSR count). The molecular formula is C28H25Br2F3N2O4. The van der Waals surface area contributed by atoms with Gasteiger partial charge in [0, 0.05) is 34.0 Å². The van der Waals surface area contributed by atoms with Crippen molar-refractivity contribution in [2.45, 2.75) is 30.7 Å². The molecule has 0 aromatic heterocycles. The smallest absolute Gasteiger partial charge is 0.405 e. The Labute approximate surface area is 240 Å². The Morgan fingerprint density at radius 1 is 1.05 bits per heavy atom. The molecule has 3 aromatic rings. The Morgan fingerprint density at radius 2 is 1.74 bits per heavy atom. The number of alkyl halides is 3. The van der Waals surface area contributed by atoms with Crippen molar-refractivity contribution in [2.75, 3.05) is 19.8 Å². The van der Waals surface area contributed by atoms with Gasteiger partial charge in [0.2, 0.25) is 5.90 Å². The number of benzene rings is 3. The molecule has 0 fully saturated rings. The highest BCUT2D eigenvalue weighted by atomic mass is 79.9. The predicted octanol–water partition coefficient (Wildman–Crippen LogP) is 6.15. The van der Waals surface area contributed by atoms with Crippen LogP contribution in [0, 0.1) is 0 Å². The van der Waals surface area contributed by atoms with Gasteiger partial charge in [-0.25, -0.2) is 4.99 Å². The van der Waals surface area contributed by atoms with Gasteiger partial charge in [-0.2, -0.15) is 13.2 Å². The van der Waals surface area contributed by atoms with Gasteiger partial charge in [-0.3, -0.25) is 4.79 Å². The molecule has 39 heavy (non-hydrogen) atoms. The van der Waals surface area contributed by atoms with Crippen molar-refractivity contribution in [3.8, 4) is 5.75 Å². The van der Waals surface area contributed by atoms with E-state index in [9.17, 15) is 18.0 Å². The van der Waals surface area contributed by atoms with Crippen LogP contribution in [0.1, 0.15) is 29.2 Å². The number of ether oxygens (including phenoxy) is 2. The zero-order valence-electron chi connectivity index (χ0n) is 20.6. The van der Waals surface area contributed by atoms with Crippen molar-refractivity contribution in [1.82, 2.24) is 5.32 Å². The summed E-state index contributed by atoms with van der Waals surface area (Å²) in [4.78, 5) is 18.4. The highest BCUT2D eigenvalue weighted by Gasteiger charge is 2.54. The quantitative estimate of drug-likeness (QED) is 0.254. The average molecular weight is 670 g/mol. The van der Waals surface area contributed by atoms with Crippen LogP contribution in [0.5, 0.6) is 5.75 Å². The lowest BCUT2D eigenvalue weighted by molar-refractivity contribution is -0.143. The summed E-state index contributed by atoms with van der Waals surface area (Å²) >= 11 is 6.88. The first-order chi connectivity index (χ1) is 18.6. The second kappa shape index (κ2) is 12.5. The molecule has 0 saturated carbocycles. The van der Waals surface area contributed by atoms with E-state index in [1.165, 1.54) is 0 Å². The molecule has 206 valence electrons. The molecule has 11 heteroatoms. The SMILES string of the molecule is O=C(NCC(F)(F)F)[C@]1(Cc2ccccc2Br)N=C(c2ccc(OCCCO)cc2)O[C@@H]1c1ccc(Br)cc1. The zero-order valence-corrected chi connectivity index (χ0v) is 23.7. The predicted molar refractivity (Wildman–Crippen MR) is 148 cm³/mol. The van der Waals surface area contributed by atoms with Gasteiger partial charge in [-0.1, -0.05) is 62.2 Å². The highest BCUT2D eigenvalue weighted by Crippen LogP contribution is 2.43. The number of carbonyl (C=O) groups excluding carboxylic acids is 1. The minimum atomic E-state index is -4.60. The number of nitrogens with one attached hydrogen (secondary N) is 1. The van der Waals surface area contributed by atoms with Crippen LogP contribution in [0.4, 0.5) is 13.2 Å². The Morgan fingerprint density at radius 3 is 2.38 bits per heavy atom. The molecule has 6 nitrogen and oxygen atoms in total. The summed E-state index contributed by atoms with van der Waals surface area (Å²) in [5.74, 6) is -0.209. The van der Waals surface area contributed by atoms with Gasteiger partial charge >= 0.3 is 6.18 Å². The van der Waals surface area contributed by atoms with Gasteiger partial charge in [0.05, 0.1) is 6.61 Å². The number of hydrogen-bond acceptors (Lipinski definition) is 5. The Balaban J connectivity index is 1.79. The molecular weight excluding hydrogens is 645 g/mol. The number of nitrogens with zero attached hydrogens (tertiary/aromatic N) is 1. The number of carbonyl (C=O) groups is 1. The molecule has 3 aromatic carbocycles. The first-order valence-electron chi connectivity index (χ1n) is 12.1. The number of amides is 1. The van der Waals surface area contributed by atoms with Crippen LogP contribution >= 0.6 is 31.9 Å². The van der Waals surface area contributed by atoms with Crippen LogP contribution in [-0.2, 0) is 16.0 Å². The Kier molecular flexibility index (Phi) is 9.35. The lowest BCUT2D eigenvalue weighted by Crippen LogP contribution is -2.51. The summed E-state index contributed by atoms with van der Waals surface area (Å²) in [7, 11) is 0. The first kappa shape index (κ1) is 29.1. The van der Waals surface area contributed by atoms with Gasteiger partial charge < -0.3 is 19.9 Å². The summed E-state index contributed by atoms with van der Waals surface area (Å²) in [6.45, 7) is -1.15. The first-order valence-corrected chi connectivity index (χ1v) is 13.6. The van der Waals surface area contributed by atoms with Crippen LogP contribution in [0.25, 0.3) is 0 Å². The molecule has 2 N–H and O–H groups in total. The van der Waals surface area contributed by atoms with Crippen molar-refractivity contribution in [1.29, 1.82) is 0 Å². The molecule has 0 saturated heterocycles. The maximum atomic E-state index is 13.7. The van der Waals surface area contributed by atoms with Crippen molar-refractivity contribution >= 4 is 43.7 Å². The molecule has 1 aliphatic rings. The van der Waals surface area contributed by atoms with E-state index in [1.807, 2.05) is 0 Å². The van der Waals surface area contributed by atoms with Gasteiger partial charge in [0.25, 0.3) is 5.91 Å². The Bertz CT molecular complexity index is 1320. The maximum absolute atomic E-state index is 13.7. The number of aliphatic imine (C=N–C) groups is 1. The van der Waals surface area contributed by atoms with E-state index < -0.39 is 30.3 Å². The number of aliphatic hydroxyl groups is 1. The van der Waals surface area contributed by atoms with Gasteiger partial charge in [0.15, 0.2) is 11.6 Å². The second-order valence-corrected chi connectivity index (χ2v) is 10.7. The summed E-state index contributed by atoms with van der Waals surface area (Å²) in [6.07, 6.45) is -5.15. The average Bonchev–Trinajstić information content (AvgIpc) is 3.29. The summed E-state index contributed by atoms with van der Waals surface area (Å²) in [6, 6.07) is 21.0. The fourth-order valence-corrected chi connectivity index (χ4v) is 4.87. The lowest BCUT2D eigenvalue weighted by atomic mass is 9.82. The molecule has 0 aliphatic carbocycles. The normalized spacial score (nSPS) is 18.8. The molecule has 1 aliphatic heterocycles. The van der Waals surface area contributed by atoms with Gasteiger partial charge in [0.1, 0.15) is 12.3 Å². The molecule has 0 unspecified atom stereocenters. The van der Waals surface area contributed by atoms with Gasteiger partial charge in [-0.15, -0.1) is 0 Å². The maximum Gasteiger partial charge on any atom is 0.405 e. The third-order valence-corrected chi connectivity index (χ3v) is 7.37. The standard InChI is InChI=1S/C28H25Br2F3N2O4/c29-21-10-6-18(7-11-21)24-27(26(37)34-17-28(31,32)33,16-20-4-1-2-5-23(20)30)35-25(39-24)19-8-12-22(13-9-19)38-15-3-14-36/h1-2,4-13,24,36H,3,14-17H2,(H,34,37)/t24-,27-/m1/s1. The largest absolute Gasteiger partial charge is 0.494 e. The van der Waals surface area contributed by atoms with E-state index in [0.717, 1.165) is 4.47 Å². The third kappa shape index (κ3) is 7.20. The topological polar surface area (TPSA) is 80.2 Å². The minimum Gasteiger partial charge on any atom is -0.494 e. The number of hydrogen-bond donors (Lipinski definition) is 2. The number of halogens is 5. The third-order valence-electron chi connectivity index (χ3n) is 6.07. The van der Waals surface area contributed by atoms with Crippen LogP contribution in [-0.4, -0.2) is 48.4 Å². The van der Waals surface area contributed by atoms with E-state index in [4.69, 9.17) is 19.6 Å². The number of aliphatic hydroxyl groups excluding tert-OH is 1. The van der Waals surface area contributed by atoms with Gasteiger partial charge in [-0.05, 0) is 53.6 Å². The molecule has 1 heterocycles. The fourth-order valence-electron chi connectivity index (χ4n) is 4.19. The second-order valence-electron chi connectivity index (χ2n) is 8.91. The zero-order chi connectivity index (χ0) is 28.0. The van der Waals surface area contributed by atoms with Crippen molar-refractivity contribution in [2.24, 2.45) is 4.99 Å². The van der Waals surface area contributed by atoms with Crippen molar-refractivity contribution in [3.63, 3.8) is 0 Å². The van der Waals surface area contributed by atoms with E-state index in [1.54, 1.807) is 72.8 Å².